The molecule has 0 radical (unpaired) electrons. The molecule has 0 aromatic heterocycles. The number of rotatable bonds is 59. The highest BCUT2D eigenvalue weighted by molar-refractivity contribution is 7.47. The molecule has 468 valence electrons. The van der Waals surface area contributed by atoms with Crippen LogP contribution in [0.2, 0.25) is 0 Å². The fraction of sp³-hybridized carbons (Fsp3) is 0.933. The molecule has 0 aliphatic carbocycles. The molecule has 0 aromatic rings. The summed E-state index contributed by atoms with van der Waals surface area (Å²) in [6, 6.07) is 0. The van der Waals surface area contributed by atoms with E-state index in [1.165, 1.54) is 89.9 Å². The zero-order valence-electron chi connectivity index (χ0n) is 50.7. The Balaban J connectivity index is 5.12. The number of phosphoric acid groups is 2. The van der Waals surface area contributed by atoms with Crippen LogP contribution in [0.15, 0.2) is 0 Å². The van der Waals surface area contributed by atoms with Crippen LogP contribution in [-0.2, 0) is 65.4 Å². The third kappa shape index (κ3) is 55.0. The summed E-state index contributed by atoms with van der Waals surface area (Å²) in [5.74, 6) is -0.680. The van der Waals surface area contributed by atoms with Gasteiger partial charge in [-0.1, -0.05) is 241 Å². The fourth-order valence-electron chi connectivity index (χ4n) is 8.82. The van der Waals surface area contributed by atoms with Gasteiger partial charge in [0, 0.05) is 25.7 Å². The number of esters is 4. The molecule has 0 bridgehead atoms. The second-order valence-corrected chi connectivity index (χ2v) is 25.6. The number of aliphatic hydroxyl groups excluding tert-OH is 1. The number of carbonyl (C=O) groups is 4. The van der Waals surface area contributed by atoms with Crippen molar-refractivity contribution in [1.29, 1.82) is 0 Å². The number of unbranched alkanes of at least 4 members (excludes halogenated alkanes) is 29. The fourth-order valence-corrected chi connectivity index (χ4v) is 10.4. The highest BCUT2D eigenvalue weighted by atomic mass is 31.2. The van der Waals surface area contributed by atoms with Crippen LogP contribution in [0.5, 0.6) is 0 Å². The minimum atomic E-state index is -4.94. The third-order valence-electron chi connectivity index (χ3n) is 13.7. The quantitative estimate of drug-likeness (QED) is 0.0222. The van der Waals surface area contributed by atoms with Crippen molar-refractivity contribution in [1.82, 2.24) is 0 Å². The molecular formula is C60H116O17P2. The first-order valence-corrected chi connectivity index (χ1v) is 34.5. The molecule has 5 atom stereocenters. The van der Waals surface area contributed by atoms with E-state index in [4.69, 9.17) is 37.0 Å². The molecule has 0 fully saturated rings. The van der Waals surface area contributed by atoms with Gasteiger partial charge in [-0.15, -0.1) is 0 Å². The summed E-state index contributed by atoms with van der Waals surface area (Å²) >= 11 is 0. The highest BCUT2D eigenvalue weighted by Crippen LogP contribution is 2.45. The van der Waals surface area contributed by atoms with E-state index in [2.05, 4.69) is 41.5 Å². The Hall–Kier alpha value is -1.94. The smallest absolute Gasteiger partial charge is 0.462 e. The second kappa shape index (κ2) is 52.8. The average Bonchev–Trinajstić information content (AvgIpc) is 3.40. The number of carbonyl (C=O) groups excluding carboxylic acids is 4. The zero-order chi connectivity index (χ0) is 58.7. The SMILES string of the molecule is CCCCCCCCCCC(=O)O[C@H](COC(=O)CCCCCCC)COP(=O)(O)OC[C@H](O)COP(=O)(O)OC[C@@H](COC(=O)CCCCCCCCC(C)C)OC(=O)CCCCCCCCCCCCCCCCC(C)C. The van der Waals surface area contributed by atoms with E-state index in [9.17, 15) is 43.2 Å². The summed E-state index contributed by atoms with van der Waals surface area (Å²) in [5, 5.41) is 10.5. The lowest BCUT2D eigenvalue weighted by Gasteiger charge is -2.21. The predicted molar refractivity (Wildman–Crippen MR) is 312 cm³/mol. The summed E-state index contributed by atoms with van der Waals surface area (Å²) in [7, 11) is -9.87. The van der Waals surface area contributed by atoms with Crippen LogP contribution >= 0.6 is 15.6 Å². The Bertz CT molecular complexity index is 1560. The molecule has 19 heteroatoms. The van der Waals surface area contributed by atoms with E-state index in [1.807, 2.05) is 0 Å². The molecule has 79 heavy (non-hydrogen) atoms. The monoisotopic (exact) mass is 1170 g/mol. The Morgan fingerprint density at radius 1 is 0.342 bits per heavy atom. The number of hydrogen-bond acceptors (Lipinski definition) is 15. The van der Waals surface area contributed by atoms with E-state index in [0.717, 1.165) is 115 Å². The number of aliphatic hydroxyl groups is 1. The minimum Gasteiger partial charge on any atom is -0.462 e. The summed E-state index contributed by atoms with van der Waals surface area (Å²) in [5.41, 5.74) is 0. The van der Waals surface area contributed by atoms with Gasteiger partial charge in [-0.05, 0) is 37.5 Å². The first kappa shape index (κ1) is 77.1. The molecule has 0 rings (SSSR count). The van der Waals surface area contributed by atoms with Crippen molar-refractivity contribution in [3.05, 3.63) is 0 Å². The zero-order valence-corrected chi connectivity index (χ0v) is 52.4. The Morgan fingerprint density at radius 3 is 0.861 bits per heavy atom. The molecule has 0 aliphatic heterocycles. The highest BCUT2D eigenvalue weighted by Gasteiger charge is 2.30. The molecule has 0 saturated heterocycles. The first-order chi connectivity index (χ1) is 37.9. The van der Waals surface area contributed by atoms with Crippen molar-refractivity contribution in [3.8, 4) is 0 Å². The Labute approximate surface area is 479 Å². The van der Waals surface area contributed by atoms with E-state index in [0.29, 0.717) is 31.6 Å². The van der Waals surface area contributed by atoms with Crippen LogP contribution in [0, 0.1) is 11.8 Å². The van der Waals surface area contributed by atoms with Crippen molar-refractivity contribution < 1.29 is 80.2 Å². The van der Waals surface area contributed by atoms with E-state index >= 15 is 0 Å². The maximum atomic E-state index is 12.9. The molecule has 2 unspecified atom stereocenters. The van der Waals surface area contributed by atoms with Crippen molar-refractivity contribution >= 4 is 39.5 Å². The standard InChI is InChI=1S/C60H116O17P2/c1-7-9-11-13-14-24-32-38-44-59(64)76-55(48-70-57(62)42-36-28-12-10-8-2)50-74-78(66,67)72-46-54(61)47-73-79(68,69)75-51-56(49-71-58(63)43-37-31-27-26-30-35-41-53(5)6)77-60(65)45-39-33-25-22-20-18-16-15-17-19-21-23-29-34-40-52(3)4/h52-56,61H,7-51H2,1-6H3,(H,66,67)(H,68,69)/t54-,55+,56+/m0/s1. The van der Waals surface area contributed by atoms with Crippen molar-refractivity contribution in [2.75, 3.05) is 39.6 Å². The maximum Gasteiger partial charge on any atom is 0.472 e. The van der Waals surface area contributed by atoms with Crippen LogP contribution < -0.4 is 0 Å². The molecule has 0 spiro atoms. The van der Waals surface area contributed by atoms with E-state index < -0.39 is 97.5 Å². The number of ether oxygens (including phenoxy) is 4. The first-order valence-electron chi connectivity index (χ1n) is 31.5. The van der Waals surface area contributed by atoms with Gasteiger partial charge in [-0.2, -0.15) is 0 Å². The van der Waals surface area contributed by atoms with Crippen molar-refractivity contribution in [3.63, 3.8) is 0 Å². The van der Waals surface area contributed by atoms with Crippen LogP contribution in [0.4, 0.5) is 0 Å². The lowest BCUT2D eigenvalue weighted by molar-refractivity contribution is -0.161. The van der Waals surface area contributed by atoms with Gasteiger partial charge in [0.2, 0.25) is 0 Å². The summed E-state index contributed by atoms with van der Waals surface area (Å²) in [6.07, 6.45) is 34.1. The van der Waals surface area contributed by atoms with Gasteiger partial charge in [0.1, 0.15) is 19.3 Å². The van der Waals surface area contributed by atoms with Gasteiger partial charge < -0.3 is 33.8 Å². The van der Waals surface area contributed by atoms with Crippen LogP contribution in [0.3, 0.4) is 0 Å². The van der Waals surface area contributed by atoms with Gasteiger partial charge in [0.15, 0.2) is 12.2 Å². The predicted octanol–water partition coefficient (Wildman–Crippen LogP) is 16.1. The molecule has 0 saturated carbocycles. The Kier molecular flexibility index (Phi) is 51.5. The number of phosphoric ester groups is 2. The third-order valence-corrected chi connectivity index (χ3v) is 15.6. The second-order valence-electron chi connectivity index (χ2n) is 22.7. The Morgan fingerprint density at radius 2 is 0.582 bits per heavy atom. The largest absolute Gasteiger partial charge is 0.472 e. The van der Waals surface area contributed by atoms with Crippen LogP contribution in [-0.4, -0.2) is 96.7 Å². The average molecular weight is 1170 g/mol. The number of hydrogen-bond donors (Lipinski definition) is 3. The summed E-state index contributed by atoms with van der Waals surface area (Å²) < 4.78 is 67.5. The van der Waals surface area contributed by atoms with Gasteiger partial charge in [0.25, 0.3) is 0 Å². The van der Waals surface area contributed by atoms with Gasteiger partial charge >= 0.3 is 39.5 Å². The normalized spacial score (nSPS) is 14.4. The topological polar surface area (TPSA) is 237 Å². The molecular weight excluding hydrogens is 1050 g/mol. The molecule has 0 aromatic carbocycles. The molecule has 0 aliphatic rings. The molecule has 17 nitrogen and oxygen atoms in total. The lowest BCUT2D eigenvalue weighted by atomic mass is 10.0. The van der Waals surface area contributed by atoms with Crippen LogP contribution in [0.1, 0.15) is 292 Å². The van der Waals surface area contributed by atoms with Gasteiger partial charge in [-0.25, -0.2) is 9.13 Å². The van der Waals surface area contributed by atoms with Gasteiger partial charge in [0.05, 0.1) is 26.4 Å². The minimum absolute atomic E-state index is 0.104. The summed E-state index contributed by atoms with van der Waals surface area (Å²) in [6.45, 7) is 9.29. The van der Waals surface area contributed by atoms with Crippen molar-refractivity contribution in [2.45, 2.75) is 310 Å². The van der Waals surface area contributed by atoms with E-state index in [1.54, 1.807) is 0 Å². The van der Waals surface area contributed by atoms with Crippen LogP contribution in [0.25, 0.3) is 0 Å². The molecule has 3 N–H and O–H groups in total. The van der Waals surface area contributed by atoms with Gasteiger partial charge in [-0.3, -0.25) is 37.3 Å². The maximum absolute atomic E-state index is 12.9. The lowest BCUT2D eigenvalue weighted by Crippen LogP contribution is -2.30. The van der Waals surface area contributed by atoms with Crippen molar-refractivity contribution in [2.24, 2.45) is 11.8 Å². The molecule has 0 heterocycles. The molecule has 0 amide bonds. The van der Waals surface area contributed by atoms with E-state index in [-0.39, 0.29) is 25.7 Å². The summed E-state index contributed by atoms with van der Waals surface area (Å²) in [4.78, 5) is 71.6.